The fourth-order valence-electron chi connectivity index (χ4n) is 7.80. The van der Waals surface area contributed by atoms with Crippen molar-refractivity contribution in [3.8, 4) is 5.75 Å². The Bertz CT molecular complexity index is 1380. The molecule has 0 radical (unpaired) electrons. The Hall–Kier alpha value is -1.95. The molecule has 42 heavy (non-hydrogen) atoms. The Labute approximate surface area is 249 Å². The summed E-state index contributed by atoms with van der Waals surface area (Å²) in [5.41, 5.74) is -1.43. The Kier molecular flexibility index (Phi) is 9.15. The predicted molar refractivity (Wildman–Crippen MR) is 157 cm³/mol. The molecule has 7 rings (SSSR count). The summed E-state index contributed by atoms with van der Waals surface area (Å²) in [5, 5.41) is 8.11. The molecule has 4 bridgehead atoms. The first-order valence-corrected chi connectivity index (χ1v) is 17.9. The van der Waals surface area contributed by atoms with Crippen molar-refractivity contribution < 1.29 is 41.1 Å². The predicted octanol–water partition coefficient (Wildman–Crippen LogP) is 5.79. The summed E-state index contributed by atoms with van der Waals surface area (Å²) < 4.78 is 68.0. The third-order valence-corrected chi connectivity index (χ3v) is 12.5. The summed E-state index contributed by atoms with van der Waals surface area (Å²) in [6.07, 6.45) is 9.09. The Balaban J connectivity index is 0.000000169. The van der Waals surface area contributed by atoms with E-state index in [4.69, 9.17) is 4.74 Å². The number of hydrogen-bond donors (Lipinski definition) is 1. The zero-order valence-electron chi connectivity index (χ0n) is 24.0. The van der Waals surface area contributed by atoms with Gasteiger partial charge in [-0.1, -0.05) is 31.5 Å². The normalized spacial score (nSPS) is 28.9. The first-order valence-electron chi connectivity index (χ1n) is 14.9. The molecule has 2 aromatic carbocycles. The van der Waals surface area contributed by atoms with Crippen molar-refractivity contribution >= 4 is 37.8 Å². The summed E-state index contributed by atoms with van der Waals surface area (Å²) in [4.78, 5) is 12.8. The van der Waals surface area contributed by atoms with Gasteiger partial charge in [-0.15, -0.1) is 0 Å². The van der Waals surface area contributed by atoms with Crippen LogP contribution in [-0.4, -0.2) is 59.6 Å². The zero-order chi connectivity index (χ0) is 30.2. The Morgan fingerprint density at radius 1 is 1.07 bits per heavy atom. The molecule has 2 aromatic rings. The van der Waals surface area contributed by atoms with Crippen LogP contribution in [0, 0.1) is 17.3 Å². The molecule has 4 saturated carbocycles. The van der Waals surface area contributed by atoms with Crippen LogP contribution in [0.25, 0.3) is 10.8 Å². The van der Waals surface area contributed by atoms with Crippen LogP contribution in [0.15, 0.2) is 41.3 Å². The molecule has 2 atom stereocenters. The monoisotopic (exact) mass is 626 g/mol. The SMILES string of the molecule is CCCCOc1ccc([S+]2CCCC2)c2ccccc12.O=C(OCC12CC3CC(CC(O)(C3)C1)C2)C(F)(F)S(=O)(=O)[O-]. The van der Waals surface area contributed by atoms with Gasteiger partial charge >= 0.3 is 11.2 Å². The summed E-state index contributed by atoms with van der Waals surface area (Å²) >= 11 is 0. The van der Waals surface area contributed by atoms with Gasteiger partial charge in [0.05, 0.1) is 18.8 Å². The van der Waals surface area contributed by atoms with Crippen molar-refractivity contribution in [1.29, 1.82) is 0 Å². The van der Waals surface area contributed by atoms with Crippen LogP contribution in [0.1, 0.15) is 71.1 Å². The van der Waals surface area contributed by atoms with E-state index in [0.29, 0.717) is 43.0 Å². The summed E-state index contributed by atoms with van der Waals surface area (Å²) in [6, 6.07) is 13.3. The highest BCUT2D eigenvalue weighted by Gasteiger charge is 2.58. The number of hydrogen-bond acceptors (Lipinski definition) is 7. The Morgan fingerprint density at radius 3 is 2.31 bits per heavy atom. The van der Waals surface area contributed by atoms with Gasteiger partial charge in [-0.25, -0.2) is 13.2 Å². The number of aliphatic hydroxyl groups is 1. The molecule has 1 aliphatic heterocycles. The van der Waals surface area contributed by atoms with Crippen LogP contribution >= 0.6 is 0 Å². The van der Waals surface area contributed by atoms with Crippen LogP contribution in [-0.2, 0) is 30.5 Å². The van der Waals surface area contributed by atoms with E-state index in [0.717, 1.165) is 25.2 Å². The van der Waals surface area contributed by atoms with Gasteiger partial charge in [0.2, 0.25) is 0 Å². The molecule has 1 heterocycles. The third kappa shape index (κ3) is 6.59. The fraction of sp³-hybridized carbons (Fsp3) is 0.645. The third-order valence-electron chi connectivity index (χ3n) is 9.15. The molecule has 0 aromatic heterocycles. The summed E-state index contributed by atoms with van der Waals surface area (Å²) in [6.45, 7) is 2.64. The van der Waals surface area contributed by atoms with Crippen molar-refractivity contribution in [2.45, 2.75) is 86.9 Å². The quantitative estimate of drug-likeness (QED) is 0.162. The molecule has 7 nitrogen and oxygen atoms in total. The van der Waals surface area contributed by atoms with Gasteiger partial charge in [-0.3, -0.25) is 0 Å². The van der Waals surface area contributed by atoms with E-state index in [2.05, 4.69) is 48.1 Å². The number of carbonyl (C=O) groups excluding carboxylic acids is 1. The zero-order valence-corrected chi connectivity index (χ0v) is 25.6. The molecule has 4 aliphatic carbocycles. The first-order chi connectivity index (χ1) is 19.8. The maximum absolute atomic E-state index is 13.1. The number of alkyl halides is 2. The second kappa shape index (κ2) is 12.2. The largest absolute Gasteiger partial charge is 0.743 e. The van der Waals surface area contributed by atoms with Crippen molar-refractivity contribution in [2.24, 2.45) is 17.3 Å². The summed E-state index contributed by atoms with van der Waals surface area (Å²) in [5.74, 6) is 2.02. The highest BCUT2D eigenvalue weighted by atomic mass is 32.2. The maximum atomic E-state index is 13.1. The minimum absolute atomic E-state index is 0.272. The van der Waals surface area contributed by atoms with Gasteiger partial charge in [0.25, 0.3) is 0 Å². The van der Waals surface area contributed by atoms with E-state index in [-0.39, 0.29) is 18.4 Å². The van der Waals surface area contributed by atoms with Crippen LogP contribution in [0.5, 0.6) is 5.75 Å². The number of unbranched alkanes of at least 4 members (excludes halogenated alkanes) is 1. The van der Waals surface area contributed by atoms with Crippen molar-refractivity contribution in [3.05, 3.63) is 36.4 Å². The first kappa shape index (κ1) is 31.5. The highest BCUT2D eigenvalue weighted by Crippen LogP contribution is 2.61. The number of ether oxygens (including phenoxy) is 2. The van der Waals surface area contributed by atoms with Gasteiger partial charge in [-0.05, 0) is 87.8 Å². The lowest BCUT2D eigenvalue weighted by Gasteiger charge is -2.59. The molecule has 11 heteroatoms. The molecule has 5 aliphatic rings. The lowest BCUT2D eigenvalue weighted by molar-refractivity contribution is -0.193. The minimum atomic E-state index is -6.10. The standard InChI is InChI=1S/C18H23OS.C13H18F2O6S/c1-2-3-12-19-17-10-11-18(20-13-6-7-14-20)16-9-5-4-8-15(16)17;14-13(15,22(18,19)20)10(16)21-7-11-2-8-1-9(3-11)5-12(17,4-8)6-11/h4-5,8-11H,2-3,6-7,12-14H2,1H3;8-9,17H,1-7H2,(H,18,19,20)/q+1;/p-1. The molecular weight excluding hydrogens is 586 g/mol. The minimum Gasteiger partial charge on any atom is -0.743 e. The molecule has 0 amide bonds. The van der Waals surface area contributed by atoms with E-state index in [1.165, 1.54) is 41.5 Å². The van der Waals surface area contributed by atoms with Crippen molar-refractivity contribution in [2.75, 3.05) is 24.7 Å². The van der Waals surface area contributed by atoms with Gasteiger partial charge in [-0.2, -0.15) is 8.78 Å². The topological polar surface area (TPSA) is 113 Å². The smallest absolute Gasteiger partial charge is 0.428 e. The molecular formula is C31H40F2O7S2. The van der Waals surface area contributed by atoms with Crippen molar-refractivity contribution in [1.82, 2.24) is 0 Å². The fourth-order valence-corrected chi connectivity index (χ4v) is 10.6. The molecule has 0 spiro atoms. The molecule has 2 unspecified atom stereocenters. The van der Waals surface area contributed by atoms with E-state index in [1.807, 2.05) is 0 Å². The summed E-state index contributed by atoms with van der Waals surface area (Å²) in [7, 11) is -5.64. The number of fused-ring (bicyclic) bond motifs is 1. The van der Waals surface area contributed by atoms with E-state index >= 15 is 0 Å². The maximum Gasteiger partial charge on any atom is 0.428 e. The average Bonchev–Trinajstić information content (AvgIpc) is 3.45. The lowest BCUT2D eigenvalue weighted by Crippen LogP contribution is -2.57. The molecule has 1 saturated heterocycles. The number of rotatable bonds is 9. The number of benzene rings is 2. The average molecular weight is 627 g/mol. The van der Waals surface area contributed by atoms with E-state index in [9.17, 15) is 31.7 Å². The van der Waals surface area contributed by atoms with Gasteiger partial charge in [0.15, 0.2) is 15.0 Å². The van der Waals surface area contributed by atoms with Crippen LogP contribution in [0.4, 0.5) is 8.78 Å². The molecule has 5 fully saturated rings. The Morgan fingerprint density at radius 2 is 1.71 bits per heavy atom. The van der Waals surface area contributed by atoms with E-state index in [1.54, 1.807) is 4.90 Å². The second-order valence-electron chi connectivity index (χ2n) is 12.6. The lowest BCUT2D eigenvalue weighted by atomic mass is 9.48. The van der Waals surface area contributed by atoms with Crippen LogP contribution < -0.4 is 4.74 Å². The van der Waals surface area contributed by atoms with Gasteiger partial charge in [0, 0.05) is 27.1 Å². The van der Waals surface area contributed by atoms with Crippen LogP contribution in [0.2, 0.25) is 0 Å². The van der Waals surface area contributed by atoms with E-state index < -0.39 is 32.4 Å². The molecule has 1 N–H and O–H groups in total. The number of carbonyl (C=O) groups is 1. The second-order valence-corrected chi connectivity index (χ2v) is 16.3. The van der Waals surface area contributed by atoms with Crippen LogP contribution in [0.3, 0.4) is 0 Å². The highest BCUT2D eigenvalue weighted by molar-refractivity contribution is 7.97. The van der Waals surface area contributed by atoms with Crippen molar-refractivity contribution in [3.63, 3.8) is 0 Å². The van der Waals surface area contributed by atoms with Gasteiger partial charge in [0.1, 0.15) is 17.3 Å². The molecule has 232 valence electrons. The number of esters is 1. The number of halogens is 2. The van der Waals surface area contributed by atoms with Gasteiger partial charge < -0.3 is 19.1 Å².